The Morgan fingerprint density at radius 3 is 2.59 bits per heavy atom. The van der Waals surface area contributed by atoms with Crippen LogP contribution in [0.4, 0.5) is 17.7 Å². The van der Waals surface area contributed by atoms with E-state index in [1.165, 1.54) is 0 Å². The van der Waals surface area contributed by atoms with Crippen LogP contribution in [0.25, 0.3) is 11.3 Å². The predicted octanol–water partition coefficient (Wildman–Crippen LogP) is 0.139. The van der Waals surface area contributed by atoms with Crippen LogP contribution in [0.2, 0.25) is 0 Å². The third-order valence-corrected chi connectivity index (χ3v) is 8.26. The lowest BCUT2D eigenvalue weighted by Gasteiger charge is -2.30. The number of nitrogens with two attached hydrogens (primary N) is 1. The Morgan fingerprint density at radius 2 is 1.88 bits per heavy atom. The average Bonchev–Trinajstić information content (AvgIpc) is 3.47. The van der Waals surface area contributed by atoms with E-state index in [1.54, 1.807) is 23.6 Å². The normalized spacial score (nSPS) is 21.8. The first-order valence-corrected chi connectivity index (χ1v) is 12.6. The summed E-state index contributed by atoms with van der Waals surface area (Å²) < 4.78 is 31.8. The molecule has 11 nitrogen and oxygen atoms in total. The van der Waals surface area contributed by atoms with E-state index in [2.05, 4.69) is 19.8 Å². The summed E-state index contributed by atoms with van der Waals surface area (Å²) in [6.07, 6.45) is 4.97. The van der Waals surface area contributed by atoms with Crippen molar-refractivity contribution in [3.8, 4) is 11.3 Å². The largest absolute Gasteiger partial charge is 0.378 e. The van der Waals surface area contributed by atoms with Crippen LogP contribution in [-0.2, 0) is 21.2 Å². The Morgan fingerprint density at radius 1 is 1.12 bits per heavy atom. The smallest absolute Gasteiger partial charge is 0.228 e. The topological polar surface area (TPSA) is 131 Å². The first-order valence-electron chi connectivity index (χ1n) is 11.0. The molecule has 0 radical (unpaired) electrons. The van der Waals surface area contributed by atoms with Crippen LogP contribution in [0, 0.1) is 0 Å². The highest BCUT2D eigenvalue weighted by Gasteiger charge is 2.38. The van der Waals surface area contributed by atoms with Crippen LogP contribution < -0.4 is 15.5 Å². The van der Waals surface area contributed by atoms with Gasteiger partial charge >= 0.3 is 0 Å². The highest BCUT2D eigenvalue weighted by atomic mass is 32.2. The summed E-state index contributed by atoms with van der Waals surface area (Å²) in [7, 11) is -3.19. The van der Waals surface area contributed by atoms with Crippen molar-refractivity contribution in [3.05, 3.63) is 18.0 Å². The van der Waals surface area contributed by atoms with Gasteiger partial charge in [-0.25, -0.2) is 23.4 Å². The van der Waals surface area contributed by atoms with E-state index in [1.807, 2.05) is 0 Å². The highest BCUT2D eigenvalue weighted by molar-refractivity contribution is 7.89. The SMILES string of the molecule is CCS(=O)(=O)N1CC[C@@H](N2CCc3c(-c4cnc(N)nc4)nc(N4CCOCC4)nc32)C1. The molecular formula is C20H28N8O3S. The number of fused-ring (bicyclic) bond motifs is 1. The molecule has 0 aliphatic carbocycles. The zero-order valence-corrected chi connectivity index (χ0v) is 19.0. The Labute approximate surface area is 187 Å². The molecule has 0 saturated carbocycles. The molecule has 2 fully saturated rings. The molecule has 2 N–H and O–H groups in total. The second kappa shape index (κ2) is 8.41. The van der Waals surface area contributed by atoms with E-state index in [4.69, 9.17) is 20.4 Å². The molecule has 2 aromatic rings. The van der Waals surface area contributed by atoms with Gasteiger partial charge in [0.15, 0.2) is 0 Å². The van der Waals surface area contributed by atoms with Crippen molar-refractivity contribution in [1.82, 2.24) is 24.2 Å². The molecular weight excluding hydrogens is 432 g/mol. The Kier molecular flexibility index (Phi) is 5.59. The summed E-state index contributed by atoms with van der Waals surface area (Å²) in [4.78, 5) is 22.6. The second-order valence-electron chi connectivity index (χ2n) is 8.25. The molecule has 172 valence electrons. The van der Waals surface area contributed by atoms with Gasteiger partial charge in [0.25, 0.3) is 0 Å². The van der Waals surface area contributed by atoms with Gasteiger partial charge in [0.2, 0.25) is 21.9 Å². The monoisotopic (exact) mass is 460 g/mol. The number of rotatable bonds is 5. The van der Waals surface area contributed by atoms with Crippen LogP contribution in [0.15, 0.2) is 12.4 Å². The standard InChI is InChI=1S/C20H28N8O3S/c1-2-32(29,30)27-5-3-15(13-27)28-6-4-16-17(14-11-22-19(21)23-12-14)24-20(25-18(16)28)26-7-9-31-10-8-26/h11-12,15H,2-10,13H2,1H3,(H2,21,22,23)/t15-/m1/s1. The third kappa shape index (κ3) is 3.86. The molecule has 0 amide bonds. The van der Waals surface area contributed by atoms with Crippen molar-refractivity contribution in [2.24, 2.45) is 0 Å². The summed E-state index contributed by atoms with van der Waals surface area (Å²) in [5.74, 6) is 1.88. The van der Waals surface area contributed by atoms with Gasteiger partial charge in [0.1, 0.15) is 5.82 Å². The van der Waals surface area contributed by atoms with Gasteiger partial charge in [0.05, 0.1) is 24.7 Å². The molecule has 2 saturated heterocycles. The Bertz CT molecular complexity index is 1090. The molecule has 3 aliphatic heterocycles. The van der Waals surface area contributed by atoms with Crippen molar-refractivity contribution in [3.63, 3.8) is 0 Å². The molecule has 32 heavy (non-hydrogen) atoms. The maximum Gasteiger partial charge on any atom is 0.228 e. The molecule has 0 bridgehead atoms. The first kappa shape index (κ1) is 21.3. The van der Waals surface area contributed by atoms with Gasteiger partial charge in [-0.05, 0) is 19.8 Å². The molecule has 12 heteroatoms. The van der Waals surface area contributed by atoms with Crippen molar-refractivity contribution >= 4 is 27.7 Å². The van der Waals surface area contributed by atoms with E-state index in [9.17, 15) is 8.42 Å². The lowest BCUT2D eigenvalue weighted by Crippen LogP contribution is -2.40. The number of sulfonamides is 1. The van der Waals surface area contributed by atoms with Crippen molar-refractivity contribution in [2.45, 2.75) is 25.8 Å². The van der Waals surface area contributed by atoms with Gasteiger partial charge in [-0.3, -0.25) is 0 Å². The summed E-state index contributed by atoms with van der Waals surface area (Å²) in [6.45, 7) is 6.24. The van der Waals surface area contributed by atoms with Crippen molar-refractivity contribution in [1.29, 1.82) is 0 Å². The summed E-state index contributed by atoms with van der Waals surface area (Å²) in [5.41, 5.74) is 8.35. The Balaban J connectivity index is 1.52. The number of hydrogen-bond donors (Lipinski definition) is 1. The molecule has 0 unspecified atom stereocenters. The lowest BCUT2D eigenvalue weighted by atomic mass is 10.1. The fourth-order valence-electron chi connectivity index (χ4n) is 4.63. The van der Waals surface area contributed by atoms with Gasteiger partial charge in [0, 0.05) is 62.3 Å². The van der Waals surface area contributed by atoms with Gasteiger partial charge < -0.3 is 20.3 Å². The average molecular weight is 461 g/mol. The van der Waals surface area contributed by atoms with Crippen LogP contribution in [0.5, 0.6) is 0 Å². The first-order chi connectivity index (χ1) is 15.5. The number of hydrogen-bond acceptors (Lipinski definition) is 10. The van der Waals surface area contributed by atoms with Crippen molar-refractivity contribution < 1.29 is 13.2 Å². The number of ether oxygens (including phenoxy) is 1. The van der Waals surface area contributed by atoms with Crippen LogP contribution in [0.1, 0.15) is 18.9 Å². The molecule has 0 spiro atoms. The zero-order chi connectivity index (χ0) is 22.3. The third-order valence-electron chi connectivity index (χ3n) is 6.41. The summed E-state index contributed by atoms with van der Waals surface area (Å²) in [5, 5.41) is 0. The summed E-state index contributed by atoms with van der Waals surface area (Å²) >= 11 is 0. The molecule has 1 atom stereocenters. The number of anilines is 3. The molecule has 2 aromatic heterocycles. The number of morpholine rings is 1. The summed E-state index contributed by atoms with van der Waals surface area (Å²) in [6, 6.07) is 0.0977. The van der Waals surface area contributed by atoms with E-state index in [0.717, 1.165) is 55.1 Å². The molecule has 3 aliphatic rings. The van der Waals surface area contributed by atoms with Crippen LogP contribution in [0.3, 0.4) is 0 Å². The van der Waals surface area contributed by atoms with Crippen LogP contribution >= 0.6 is 0 Å². The number of nitrogen functional groups attached to an aromatic ring is 1. The minimum absolute atomic E-state index is 0.0977. The fourth-order valence-corrected chi connectivity index (χ4v) is 5.77. The maximum absolute atomic E-state index is 12.4. The molecule has 5 rings (SSSR count). The highest BCUT2D eigenvalue weighted by Crippen LogP contribution is 2.38. The van der Waals surface area contributed by atoms with Crippen LogP contribution in [-0.4, -0.2) is 90.4 Å². The van der Waals surface area contributed by atoms with E-state index in [0.29, 0.717) is 32.3 Å². The second-order valence-corrected chi connectivity index (χ2v) is 10.5. The van der Waals surface area contributed by atoms with Crippen molar-refractivity contribution in [2.75, 3.05) is 67.2 Å². The minimum Gasteiger partial charge on any atom is -0.378 e. The van der Waals surface area contributed by atoms with Gasteiger partial charge in [-0.2, -0.15) is 9.29 Å². The minimum atomic E-state index is -3.19. The Hall–Kier alpha value is -2.57. The molecule has 0 aromatic carbocycles. The lowest BCUT2D eigenvalue weighted by molar-refractivity contribution is 0.122. The van der Waals surface area contributed by atoms with E-state index < -0.39 is 10.0 Å². The fraction of sp³-hybridized carbons (Fsp3) is 0.600. The number of nitrogens with zero attached hydrogens (tertiary/aromatic N) is 7. The quantitative estimate of drug-likeness (QED) is 0.657. The number of aromatic nitrogens is 4. The predicted molar refractivity (Wildman–Crippen MR) is 121 cm³/mol. The van der Waals surface area contributed by atoms with Gasteiger partial charge in [-0.1, -0.05) is 0 Å². The van der Waals surface area contributed by atoms with Gasteiger partial charge in [-0.15, -0.1) is 0 Å². The maximum atomic E-state index is 12.4. The molecule has 5 heterocycles. The zero-order valence-electron chi connectivity index (χ0n) is 18.1. The van der Waals surface area contributed by atoms with E-state index >= 15 is 0 Å². The van der Waals surface area contributed by atoms with E-state index in [-0.39, 0.29) is 17.7 Å².